The molecule has 0 fully saturated rings. The molecule has 0 aliphatic rings. The monoisotopic (exact) mass is 272 g/mol. The number of aryl methyl sites for hydroxylation is 3. The van der Waals surface area contributed by atoms with E-state index in [0.717, 1.165) is 31.5 Å². The number of rotatable bonds is 7. The third-order valence-corrected chi connectivity index (χ3v) is 3.68. The van der Waals surface area contributed by atoms with Crippen LogP contribution in [0.5, 0.6) is 0 Å². The molecule has 0 aliphatic heterocycles. The van der Waals surface area contributed by atoms with Crippen LogP contribution in [-0.4, -0.2) is 27.9 Å². The maximum absolute atomic E-state index is 4.52. The Hall–Kier alpha value is -1.68. The summed E-state index contributed by atoms with van der Waals surface area (Å²) in [5.41, 5.74) is 3.77. The molecule has 108 valence electrons. The van der Waals surface area contributed by atoms with Crippen molar-refractivity contribution in [2.75, 3.05) is 7.05 Å². The average Bonchev–Trinajstić information content (AvgIpc) is 2.84. The summed E-state index contributed by atoms with van der Waals surface area (Å²) in [6, 6.07) is 6.85. The number of nitrogens with zero attached hydrogens (tertiary/aromatic N) is 3. The molecule has 0 aromatic carbocycles. The highest BCUT2D eigenvalue weighted by Gasteiger charge is 2.12. The summed E-state index contributed by atoms with van der Waals surface area (Å²) in [6.07, 6.45) is 6.94. The number of likely N-dealkylation sites (N-methyl/N-ethyl adjacent to an activating group) is 1. The van der Waals surface area contributed by atoms with E-state index in [2.05, 4.69) is 52.1 Å². The van der Waals surface area contributed by atoms with Gasteiger partial charge in [-0.2, -0.15) is 5.10 Å². The van der Waals surface area contributed by atoms with Gasteiger partial charge in [0, 0.05) is 37.1 Å². The van der Waals surface area contributed by atoms with Crippen LogP contribution in [-0.2, 0) is 19.4 Å². The predicted molar refractivity (Wildman–Crippen MR) is 81.7 cm³/mol. The summed E-state index contributed by atoms with van der Waals surface area (Å²) in [5, 5.41) is 7.94. The predicted octanol–water partition coefficient (Wildman–Crippen LogP) is 2.37. The highest BCUT2D eigenvalue weighted by Crippen LogP contribution is 2.11. The second-order valence-corrected chi connectivity index (χ2v) is 5.18. The van der Waals surface area contributed by atoms with E-state index in [1.165, 1.54) is 11.3 Å². The lowest BCUT2D eigenvalue weighted by Gasteiger charge is -2.16. The lowest BCUT2D eigenvalue weighted by atomic mass is 10.0. The molecule has 20 heavy (non-hydrogen) atoms. The molecule has 0 saturated carbocycles. The van der Waals surface area contributed by atoms with E-state index in [1.807, 2.05) is 19.4 Å². The van der Waals surface area contributed by atoms with Crippen molar-refractivity contribution < 1.29 is 0 Å². The van der Waals surface area contributed by atoms with Gasteiger partial charge in [-0.15, -0.1) is 0 Å². The van der Waals surface area contributed by atoms with Crippen molar-refractivity contribution in [1.29, 1.82) is 0 Å². The Labute approximate surface area is 121 Å². The largest absolute Gasteiger partial charge is 0.317 e. The van der Waals surface area contributed by atoms with Crippen molar-refractivity contribution in [3.05, 3.63) is 47.5 Å². The van der Waals surface area contributed by atoms with E-state index >= 15 is 0 Å². The van der Waals surface area contributed by atoms with Crippen LogP contribution in [0.2, 0.25) is 0 Å². The average molecular weight is 272 g/mol. The first-order valence-corrected chi connectivity index (χ1v) is 7.32. The van der Waals surface area contributed by atoms with Gasteiger partial charge < -0.3 is 5.32 Å². The van der Waals surface area contributed by atoms with E-state index in [4.69, 9.17) is 0 Å². The molecule has 0 spiro atoms. The van der Waals surface area contributed by atoms with Crippen LogP contribution in [0.15, 0.2) is 30.6 Å². The molecule has 0 bridgehead atoms. The zero-order valence-electron chi connectivity index (χ0n) is 12.6. The van der Waals surface area contributed by atoms with E-state index in [1.54, 1.807) is 0 Å². The molecule has 0 saturated heterocycles. The van der Waals surface area contributed by atoms with Gasteiger partial charge in [-0.3, -0.25) is 9.67 Å². The van der Waals surface area contributed by atoms with Crippen LogP contribution >= 0.6 is 0 Å². The zero-order valence-corrected chi connectivity index (χ0v) is 12.6. The first-order valence-electron chi connectivity index (χ1n) is 7.32. The Morgan fingerprint density at radius 2 is 2.05 bits per heavy atom. The van der Waals surface area contributed by atoms with Crippen LogP contribution in [0.1, 0.15) is 30.3 Å². The Bertz CT molecular complexity index is 519. The van der Waals surface area contributed by atoms with E-state index in [9.17, 15) is 0 Å². The van der Waals surface area contributed by atoms with Crippen LogP contribution in [0, 0.1) is 6.92 Å². The molecule has 2 aromatic heterocycles. The van der Waals surface area contributed by atoms with Gasteiger partial charge in [0.2, 0.25) is 0 Å². The maximum Gasteiger partial charge on any atom is 0.0596 e. The third kappa shape index (κ3) is 3.90. The molecule has 4 nitrogen and oxygen atoms in total. The molecule has 2 heterocycles. The standard InChI is InChI=1S/C16H24N4/c1-4-20-16(11-13(2)19-20)12-15(17-3)6-5-14-7-9-18-10-8-14/h7-11,15,17H,4-6,12H2,1-3H3. The van der Waals surface area contributed by atoms with Gasteiger partial charge in [-0.1, -0.05) is 0 Å². The summed E-state index contributed by atoms with van der Waals surface area (Å²) >= 11 is 0. The van der Waals surface area contributed by atoms with Crippen molar-refractivity contribution in [3.63, 3.8) is 0 Å². The minimum absolute atomic E-state index is 0.476. The van der Waals surface area contributed by atoms with Crippen LogP contribution in [0.25, 0.3) is 0 Å². The molecule has 4 heteroatoms. The summed E-state index contributed by atoms with van der Waals surface area (Å²) in [7, 11) is 2.04. The second kappa shape index (κ2) is 7.20. The Balaban J connectivity index is 1.95. The van der Waals surface area contributed by atoms with Gasteiger partial charge in [-0.05, 0) is 57.5 Å². The Morgan fingerprint density at radius 3 is 2.70 bits per heavy atom. The quantitative estimate of drug-likeness (QED) is 0.841. The summed E-state index contributed by atoms with van der Waals surface area (Å²) in [6.45, 7) is 5.13. The molecule has 1 atom stereocenters. The van der Waals surface area contributed by atoms with Crippen molar-refractivity contribution in [2.24, 2.45) is 0 Å². The van der Waals surface area contributed by atoms with Gasteiger partial charge >= 0.3 is 0 Å². The molecular formula is C16H24N4. The van der Waals surface area contributed by atoms with Gasteiger partial charge in [0.15, 0.2) is 0 Å². The fourth-order valence-corrected chi connectivity index (χ4v) is 2.53. The molecule has 2 aromatic rings. The smallest absolute Gasteiger partial charge is 0.0596 e. The number of pyridine rings is 1. The van der Waals surface area contributed by atoms with E-state index in [0.29, 0.717) is 6.04 Å². The molecule has 0 amide bonds. The molecular weight excluding hydrogens is 248 g/mol. The maximum atomic E-state index is 4.52. The lowest BCUT2D eigenvalue weighted by Crippen LogP contribution is -2.29. The van der Waals surface area contributed by atoms with Gasteiger partial charge in [-0.25, -0.2) is 0 Å². The first kappa shape index (κ1) is 14.7. The number of hydrogen-bond donors (Lipinski definition) is 1. The number of aromatic nitrogens is 3. The van der Waals surface area contributed by atoms with E-state index in [-0.39, 0.29) is 0 Å². The SMILES string of the molecule is CCn1nc(C)cc1CC(CCc1ccncc1)NC. The fraction of sp³-hybridized carbons (Fsp3) is 0.500. The molecule has 0 aliphatic carbocycles. The minimum Gasteiger partial charge on any atom is -0.317 e. The van der Waals surface area contributed by atoms with Crippen molar-refractivity contribution >= 4 is 0 Å². The molecule has 0 radical (unpaired) electrons. The van der Waals surface area contributed by atoms with E-state index < -0.39 is 0 Å². The molecule has 1 N–H and O–H groups in total. The summed E-state index contributed by atoms with van der Waals surface area (Å²) in [4.78, 5) is 4.06. The Morgan fingerprint density at radius 1 is 1.30 bits per heavy atom. The highest BCUT2D eigenvalue weighted by molar-refractivity contribution is 5.12. The topological polar surface area (TPSA) is 42.7 Å². The number of hydrogen-bond acceptors (Lipinski definition) is 3. The van der Waals surface area contributed by atoms with Crippen LogP contribution in [0.4, 0.5) is 0 Å². The third-order valence-electron chi connectivity index (χ3n) is 3.68. The van der Waals surface area contributed by atoms with Crippen LogP contribution < -0.4 is 5.32 Å². The highest BCUT2D eigenvalue weighted by atomic mass is 15.3. The first-order chi connectivity index (χ1) is 9.72. The van der Waals surface area contributed by atoms with Crippen molar-refractivity contribution in [2.45, 2.75) is 45.7 Å². The zero-order chi connectivity index (χ0) is 14.4. The van der Waals surface area contributed by atoms with Gasteiger partial charge in [0.25, 0.3) is 0 Å². The summed E-state index contributed by atoms with van der Waals surface area (Å²) in [5.74, 6) is 0. The Kier molecular flexibility index (Phi) is 5.30. The second-order valence-electron chi connectivity index (χ2n) is 5.18. The minimum atomic E-state index is 0.476. The molecule has 2 rings (SSSR count). The van der Waals surface area contributed by atoms with Crippen LogP contribution in [0.3, 0.4) is 0 Å². The van der Waals surface area contributed by atoms with Crippen molar-refractivity contribution in [1.82, 2.24) is 20.1 Å². The normalized spacial score (nSPS) is 12.6. The van der Waals surface area contributed by atoms with Crippen molar-refractivity contribution in [3.8, 4) is 0 Å². The summed E-state index contributed by atoms with van der Waals surface area (Å²) < 4.78 is 2.10. The fourth-order valence-electron chi connectivity index (χ4n) is 2.53. The number of nitrogens with one attached hydrogen (secondary N) is 1. The lowest BCUT2D eigenvalue weighted by molar-refractivity contribution is 0.494. The molecule has 1 unspecified atom stereocenters. The van der Waals surface area contributed by atoms with Gasteiger partial charge in [0.05, 0.1) is 5.69 Å². The van der Waals surface area contributed by atoms with Gasteiger partial charge in [0.1, 0.15) is 0 Å².